The average molecular weight is 314 g/mol. The first-order chi connectivity index (χ1) is 8.61. The predicted molar refractivity (Wildman–Crippen MR) is 75.9 cm³/mol. The summed E-state index contributed by atoms with van der Waals surface area (Å²) in [6.07, 6.45) is 5.24. The maximum atomic E-state index is 6.01. The van der Waals surface area contributed by atoms with Crippen molar-refractivity contribution in [2.24, 2.45) is 11.8 Å². The lowest BCUT2D eigenvalue weighted by atomic mass is 9.80. The molecule has 100 valence electrons. The first kappa shape index (κ1) is 13.6. The van der Waals surface area contributed by atoms with Crippen LogP contribution in [0, 0.1) is 11.8 Å². The van der Waals surface area contributed by atoms with Crippen LogP contribution in [0.15, 0.2) is 10.8 Å². The van der Waals surface area contributed by atoms with Crippen LogP contribution in [0.3, 0.4) is 0 Å². The molecular weight excluding hydrogens is 294 g/mol. The molecule has 0 amide bonds. The number of hydrogen-bond acceptors (Lipinski definition) is 4. The van der Waals surface area contributed by atoms with Crippen molar-refractivity contribution in [1.29, 1.82) is 0 Å². The van der Waals surface area contributed by atoms with Gasteiger partial charge in [0.25, 0.3) is 0 Å². The van der Waals surface area contributed by atoms with Gasteiger partial charge in [0.1, 0.15) is 22.7 Å². The Bertz CT molecular complexity index is 413. The molecule has 2 rings (SSSR count). The minimum atomic E-state index is 0.270. The largest absolute Gasteiger partial charge is 0.473 e. The number of rotatable bonds is 3. The van der Waals surface area contributed by atoms with Crippen molar-refractivity contribution in [3.8, 4) is 5.88 Å². The number of halogens is 1. The maximum Gasteiger partial charge on any atom is 0.233 e. The third kappa shape index (κ3) is 2.94. The highest BCUT2D eigenvalue weighted by Gasteiger charge is 2.26. The number of nitrogens with one attached hydrogen (secondary N) is 1. The number of hydrogen-bond donors (Lipinski definition) is 1. The molecule has 0 aromatic carbocycles. The zero-order valence-electron chi connectivity index (χ0n) is 11.1. The van der Waals surface area contributed by atoms with Gasteiger partial charge in [0.15, 0.2) is 0 Å². The highest BCUT2D eigenvalue weighted by atomic mass is 79.9. The fraction of sp³-hybridized carbons (Fsp3) is 0.692. The van der Waals surface area contributed by atoms with Crippen LogP contribution in [0.4, 0.5) is 5.82 Å². The molecule has 5 heteroatoms. The maximum absolute atomic E-state index is 6.01. The van der Waals surface area contributed by atoms with Crippen molar-refractivity contribution in [2.45, 2.75) is 39.2 Å². The van der Waals surface area contributed by atoms with E-state index in [1.807, 2.05) is 7.05 Å². The highest BCUT2D eigenvalue weighted by molar-refractivity contribution is 9.10. The molecule has 1 aliphatic rings. The van der Waals surface area contributed by atoms with Crippen LogP contribution >= 0.6 is 15.9 Å². The molecule has 1 saturated carbocycles. The van der Waals surface area contributed by atoms with E-state index in [1.54, 1.807) is 0 Å². The molecule has 0 radical (unpaired) electrons. The Morgan fingerprint density at radius 2 is 2.06 bits per heavy atom. The Labute approximate surface area is 117 Å². The van der Waals surface area contributed by atoms with E-state index < -0.39 is 0 Å². The number of ether oxygens (including phenoxy) is 1. The van der Waals surface area contributed by atoms with Crippen LogP contribution in [0.2, 0.25) is 0 Å². The predicted octanol–water partition coefficient (Wildman–Crippen LogP) is 3.48. The molecule has 0 aliphatic heterocycles. The van der Waals surface area contributed by atoms with Gasteiger partial charge in [-0.3, -0.25) is 0 Å². The van der Waals surface area contributed by atoms with E-state index in [4.69, 9.17) is 4.74 Å². The lowest BCUT2D eigenvalue weighted by Gasteiger charge is -2.32. The summed E-state index contributed by atoms with van der Waals surface area (Å²) in [5, 5.41) is 3.01. The molecule has 3 unspecified atom stereocenters. The van der Waals surface area contributed by atoms with Crippen molar-refractivity contribution >= 4 is 21.7 Å². The van der Waals surface area contributed by atoms with E-state index in [9.17, 15) is 0 Å². The molecule has 1 aromatic heterocycles. The van der Waals surface area contributed by atoms with Gasteiger partial charge in [-0.1, -0.05) is 13.8 Å². The Balaban J connectivity index is 2.06. The van der Waals surface area contributed by atoms with E-state index in [1.165, 1.54) is 12.7 Å². The third-order valence-corrected chi connectivity index (χ3v) is 4.54. The fourth-order valence-corrected chi connectivity index (χ4v) is 2.87. The Kier molecular flexibility index (Phi) is 4.43. The quantitative estimate of drug-likeness (QED) is 0.928. The molecular formula is C13H20BrN3O. The standard InChI is InChI=1S/C13H20BrN3O/c1-8-4-5-10(6-9(8)2)18-13-11(14)12(15-3)16-7-17-13/h7-10H,4-6H2,1-3H3,(H,15,16,17). The normalized spacial score (nSPS) is 27.9. The van der Waals surface area contributed by atoms with Crippen LogP contribution in [-0.4, -0.2) is 23.1 Å². The lowest BCUT2D eigenvalue weighted by molar-refractivity contribution is 0.0956. The summed E-state index contributed by atoms with van der Waals surface area (Å²) < 4.78 is 6.81. The molecule has 0 bridgehead atoms. The van der Waals surface area contributed by atoms with E-state index in [0.717, 1.165) is 29.1 Å². The summed E-state index contributed by atoms with van der Waals surface area (Å²) >= 11 is 3.48. The smallest absolute Gasteiger partial charge is 0.233 e. The van der Waals surface area contributed by atoms with Crippen molar-refractivity contribution in [2.75, 3.05) is 12.4 Å². The molecule has 18 heavy (non-hydrogen) atoms. The first-order valence-corrected chi connectivity index (χ1v) is 7.26. The van der Waals surface area contributed by atoms with E-state index in [-0.39, 0.29) is 6.10 Å². The van der Waals surface area contributed by atoms with Crippen molar-refractivity contribution in [3.63, 3.8) is 0 Å². The molecule has 1 aliphatic carbocycles. The van der Waals surface area contributed by atoms with Crippen LogP contribution in [0.1, 0.15) is 33.1 Å². The van der Waals surface area contributed by atoms with Crippen molar-refractivity contribution < 1.29 is 4.74 Å². The highest BCUT2D eigenvalue weighted by Crippen LogP contribution is 2.34. The van der Waals surface area contributed by atoms with E-state index in [2.05, 4.69) is 45.1 Å². The summed E-state index contributed by atoms with van der Waals surface area (Å²) in [7, 11) is 1.83. The monoisotopic (exact) mass is 313 g/mol. The number of nitrogens with zero attached hydrogens (tertiary/aromatic N) is 2. The van der Waals surface area contributed by atoms with Gasteiger partial charge in [-0.05, 0) is 47.0 Å². The summed E-state index contributed by atoms with van der Waals surface area (Å²) in [5.41, 5.74) is 0. The zero-order valence-corrected chi connectivity index (χ0v) is 12.7. The van der Waals surface area contributed by atoms with Gasteiger partial charge in [0.2, 0.25) is 5.88 Å². The molecule has 4 nitrogen and oxygen atoms in total. The molecule has 1 heterocycles. The Hall–Kier alpha value is -0.840. The van der Waals surface area contributed by atoms with Crippen LogP contribution in [0.5, 0.6) is 5.88 Å². The topological polar surface area (TPSA) is 47.0 Å². The molecule has 0 saturated heterocycles. The van der Waals surface area contributed by atoms with Gasteiger partial charge >= 0.3 is 0 Å². The van der Waals surface area contributed by atoms with E-state index in [0.29, 0.717) is 11.8 Å². The second-order valence-corrected chi connectivity index (χ2v) is 5.89. The van der Waals surface area contributed by atoms with Gasteiger partial charge in [0.05, 0.1) is 0 Å². The lowest BCUT2D eigenvalue weighted by Crippen LogP contribution is -2.29. The van der Waals surface area contributed by atoms with Crippen LogP contribution < -0.4 is 10.1 Å². The van der Waals surface area contributed by atoms with Gasteiger partial charge in [-0.2, -0.15) is 0 Å². The SMILES string of the molecule is CNc1ncnc(OC2CCC(C)C(C)C2)c1Br. The van der Waals surface area contributed by atoms with Gasteiger partial charge in [-0.15, -0.1) is 0 Å². The summed E-state index contributed by atoms with van der Waals surface area (Å²) in [6.45, 7) is 4.62. The molecule has 1 aromatic rings. The Morgan fingerprint density at radius 3 is 2.72 bits per heavy atom. The average Bonchev–Trinajstić information content (AvgIpc) is 2.36. The zero-order chi connectivity index (χ0) is 13.1. The van der Waals surface area contributed by atoms with Crippen molar-refractivity contribution in [1.82, 2.24) is 9.97 Å². The van der Waals surface area contributed by atoms with E-state index >= 15 is 0 Å². The minimum absolute atomic E-state index is 0.270. The molecule has 0 spiro atoms. The van der Waals surface area contributed by atoms with Crippen LogP contribution in [-0.2, 0) is 0 Å². The van der Waals surface area contributed by atoms with Crippen LogP contribution in [0.25, 0.3) is 0 Å². The summed E-state index contributed by atoms with van der Waals surface area (Å²) in [4.78, 5) is 8.33. The third-order valence-electron chi connectivity index (χ3n) is 3.82. The second-order valence-electron chi connectivity index (χ2n) is 5.10. The number of aromatic nitrogens is 2. The second kappa shape index (κ2) is 5.87. The fourth-order valence-electron chi connectivity index (χ4n) is 2.37. The summed E-state index contributed by atoms with van der Waals surface area (Å²) in [5.74, 6) is 2.91. The first-order valence-electron chi connectivity index (χ1n) is 6.46. The van der Waals surface area contributed by atoms with Gasteiger partial charge < -0.3 is 10.1 Å². The van der Waals surface area contributed by atoms with Gasteiger partial charge in [0, 0.05) is 7.05 Å². The van der Waals surface area contributed by atoms with Gasteiger partial charge in [-0.25, -0.2) is 9.97 Å². The summed E-state index contributed by atoms with van der Waals surface area (Å²) in [6, 6.07) is 0. The molecule has 3 atom stereocenters. The van der Waals surface area contributed by atoms with Crippen molar-refractivity contribution in [3.05, 3.63) is 10.8 Å². The Morgan fingerprint density at radius 1 is 1.28 bits per heavy atom. The number of anilines is 1. The molecule has 1 fully saturated rings. The molecule has 1 N–H and O–H groups in total. The minimum Gasteiger partial charge on any atom is -0.473 e.